The van der Waals surface area contributed by atoms with Crippen LogP contribution in [0.2, 0.25) is 0 Å². The summed E-state index contributed by atoms with van der Waals surface area (Å²) >= 11 is 1.41. The number of hydrogen-bond donors (Lipinski definition) is 1. The van der Waals surface area contributed by atoms with E-state index in [2.05, 4.69) is 10.3 Å². The normalized spacial score (nSPS) is 12.3. The van der Waals surface area contributed by atoms with Gasteiger partial charge < -0.3 is 9.32 Å². The van der Waals surface area contributed by atoms with Gasteiger partial charge in [0.2, 0.25) is 0 Å². The lowest BCUT2D eigenvalue weighted by Crippen LogP contribution is -2.33. The van der Waals surface area contributed by atoms with Crippen LogP contribution in [0.3, 0.4) is 0 Å². The predicted octanol–water partition coefficient (Wildman–Crippen LogP) is 4.42. The van der Waals surface area contributed by atoms with Gasteiger partial charge in [0.1, 0.15) is 11.3 Å². The fourth-order valence-corrected chi connectivity index (χ4v) is 2.84. The highest BCUT2D eigenvalue weighted by Gasteiger charge is 2.21. The molecule has 2 heterocycles. The minimum atomic E-state index is -0.206. The molecule has 0 fully saturated rings. The SMILES string of the molecule is Cc1csc(NC(=O)N(C)C(C)c2cc3ccccc3o2)n1. The van der Waals surface area contributed by atoms with Crippen LogP contribution in [-0.4, -0.2) is 23.0 Å². The lowest BCUT2D eigenvalue weighted by atomic mass is 10.2. The molecule has 3 rings (SSSR count). The van der Waals surface area contributed by atoms with Crippen molar-refractivity contribution < 1.29 is 9.21 Å². The minimum Gasteiger partial charge on any atom is -0.459 e. The first-order valence-electron chi connectivity index (χ1n) is 6.99. The van der Waals surface area contributed by atoms with Crippen LogP contribution in [0.1, 0.15) is 24.4 Å². The number of amides is 2. The molecule has 0 aliphatic carbocycles. The maximum absolute atomic E-state index is 12.3. The molecule has 1 unspecified atom stereocenters. The van der Waals surface area contributed by atoms with E-state index in [0.29, 0.717) is 5.13 Å². The molecule has 1 atom stereocenters. The summed E-state index contributed by atoms with van der Waals surface area (Å²) in [7, 11) is 1.74. The van der Waals surface area contributed by atoms with Gasteiger partial charge in [-0.15, -0.1) is 11.3 Å². The van der Waals surface area contributed by atoms with Crippen LogP contribution in [0.25, 0.3) is 11.0 Å². The molecule has 2 amide bonds. The molecular formula is C16H17N3O2S. The van der Waals surface area contributed by atoms with Crippen LogP contribution >= 0.6 is 11.3 Å². The molecule has 0 spiro atoms. The molecule has 1 N–H and O–H groups in total. The smallest absolute Gasteiger partial charge is 0.323 e. The molecule has 0 saturated heterocycles. The standard InChI is InChI=1S/C16H17N3O2S/c1-10-9-22-15(17-10)18-16(20)19(3)11(2)14-8-12-6-4-5-7-13(12)21-14/h4-9,11H,1-3H3,(H,17,18,20). The van der Waals surface area contributed by atoms with Crippen molar-refractivity contribution in [3.8, 4) is 0 Å². The number of aromatic nitrogens is 1. The summed E-state index contributed by atoms with van der Waals surface area (Å²) in [6.07, 6.45) is 0. The zero-order valence-corrected chi connectivity index (χ0v) is 13.5. The average Bonchev–Trinajstić information content (AvgIpc) is 3.11. The zero-order chi connectivity index (χ0) is 15.7. The Labute approximate surface area is 132 Å². The van der Waals surface area contributed by atoms with E-state index in [1.54, 1.807) is 11.9 Å². The van der Waals surface area contributed by atoms with E-state index in [-0.39, 0.29) is 12.1 Å². The van der Waals surface area contributed by atoms with Gasteiger partial charge in [-0.25, -0.2) is 9.78 Å². The van der Waals surface area contributed by atoms with Crippen molar-refractivity contribution in [2.24, 2.45) is 0 Å². The number of urea groups is 1. The van der Waals surface area contributed by atoms with Gasteiger partial charge in [-0.2, -0.15) is 0 Å². The summed E-state index contributed by atoms with van der Waals surface area (Å²) in [5.41, 5.74) is 1.72. The minimum absolute atomic E-state index is 0.173. The van der Waals surface area contributed by atoms with Crippen molar-refractivity contribution in [1.29, 1.82) is 0 Å². The Balaban J connectivity index is 1.75. The van der Waals surface area contributed by atoms with Gasteiger partial charge in [-0.3, -0.25) is 5.32 Å². The number of furan rings is 1. The summed E-state index contributed by atoms with van der Waals surface area (Å²) in [5, 5.41) is 6.34. The van der Waals surface area contributed by atoms with Crippen molar-refractivity contribution in [2.75, 3.05) is 12.4 Å². The molecule has 0 aliphatic heterocycles. The average molecular weight is 315 g/mol. The first-order chi connectivity index (χ1) is 10.5. The quantitative estimate of drug-likeness (QED) is 0.778. The molecular weight excluding hydrogens is 298 g/mol. The number of fused-ring (bicyclic) bond motifs is 1. The van der Waals surface area contributed by atoms with Gasteiger partial charge in [0, 0.05) is 17.8 Å². The van der Waals surface area contributed by atoms with E-state index < -0.39 is 0 Å². The highest BCUT2D eigenvalue weighted by atomic mass is 32.1. The van der Waals surface area contributed by atoms with Crippen molar-refractivity contribution in [3.63, 3.8) is 0 Å². The third-order valence-electron chi connectivity index (χ3n) is 3.59. The van der Waals surface area contributed by atoms with Crippen molar-refractivity contribution in [1.82, 2.24) is 9.88 Å². The second-order valence-electron chi connectivity index (χ2n) is 5.20. The predicted molar refractivity (Wildman–Crippen MR) is 88.3 cm³/mol. The van der Waals surface area contributed by atoms with Gasteiger partial charge in [0.05, 0.1) is 11.7 Å². The van der Waals surface area contributed by atoms with Crippen LogP contribution in [0, 0.1) is 6.92 Å². The number of nitrogens with one attached hydrogen (secondary N) is 1. The third kappa shape index (κ3) is 2.82. The van der Waals surface area contributed by atoms with E-state index in [9.17, 15) is 4.79 Å². The van der Waals surface area contributed by atoms with Gasteiger partial charge in [-0.05, 0) is 26.0 Å². The number of benzene rings is 1. The number of nitrogens with zero attached hydrogens (tertiary/aromatic N) is 2. The lowest BCUT2D eigenvalue weighted by molar-refractivity contribution is 0.201. The Kier molecular flexibility index (Phi) is 3.85. The van der Waals surface area contributed by atoms with E-state index in [0.717, 1.165) is 22.4 Å². The topological polar surface area (TPSA) is 58.4 Å². The number of para-hydroxylation sites is 1. The summed E-state index contributed by atoms with van der Waals surface area (Å²) in [6.45, 7) is 3.83. The Morgan fingerprint density at radius 2 is 2.18 bits per heavy atom. The summed E-state index contributed by atoms with van der Waals surface area (Å²) in [5.74, 6) is 0.758. The first-order valence-corrected chi connectivity index (χ1v) is 7.87. The molecule has 22 heavy (non-hydrogen) atoms. The second-order valence-corrected chi connectivity index (χ2v) is 6.06. The number of carbonyl (C=O) groups is 1. The first kappa shape index (κ1) is 14.6. The number of hydrogen-bond acceptors (Lipinski definition) is 4. The Morgan fingerprint density at radius 3 is 2.86 bits per heavy atom. The summed E-state index contributed by atoms with van der Waals surface area (Å²) < 4.78 is 5.82. The summed E-state index contributed by atoms with van der Waals surface area (Å²) in [6, 6.07) is 9.40. The number of thiazole rings is 1. The van der Waals surface area contributed by atoms with E-state index in [1.165, 1.54) is 11.3 Å². The fourth-order valence-electron chi connectivity index (χ4n) is 2.17. The van der Waals surface area contributed by atoms with E-state index in [1.807, 2.05) is 49.6 Å². The number of carbonyl (C=O) groups excluding carboxylic acids is 1. The molecule has 1 aromatic carbocycles. The highest BCUT2D eigenvalue weighted by molar-refractivity contribution is 7.13. The molecule has 0 aliphatic rings. The van der Waals surface area contributed by atoms with E-state index >= 15 is 0 Å². The van der Waals surface area contributed by atoms with Gasteiger partial charge >= 0.3 is 6.03 Å². The molecule has 5 nitrogen and oxygen atoms in total. The Morgan fingerprint density at radius 1 is 1.41 bits per heavy atom. The zero-order valence-electron chi connectivity index (χ0n) is 12.7. The van der Waals surface area contributed by atoms with Crippen LogP contribution in [0.15, 0.2) is 40.1 Å². The third-order valence-corrected chi connectivity index (χ3v) is 4.47. The monoisotopic (exact) mass is 315 g/mol. The van der Waals surface area contributed by atoms with Gasteiger partial charge in [-0.1, -0.05) is 18.2 Å². The molecule has 0 radical (unpaired) electrons. The van der Waals surface area contributed by atoms with Gasteiger partial charge in [0.25, 0.3) is 0 Å². The van der Waals surface area contributed by atoms with Crippen molar-refractivity contribution in [3.05, 3.63) is 47.2 Å². The van der Waals surface area contributed by atoms with Gasteiger partial charge in [0.15, 0.2) is 5.13 Å². The molecule has 2 aromatic heterocycles. The maximum Gasteiger partial charge on any atom is 0.323 e. The number of anilines is 1. The van der Waals surface area contributed by atoms with Crippen molar-refractivity contribution >= 4 is 33.5 Å². The summed E-state index contributed by atoms with van der Waals surface area (Å²) in [4.78, 5) is 18.1. The molecule has 3 aromatic rings. The van der Waals surface area contributed by atoms with Crippen molar-refractivity contribution in [2.45, 2.75) is 19.9 Å². The second kappa shape index (κ2) is 5.81. The molecule has 0 bridgehead atoms. The van der Waals surface area contributed by atoms with E-state index in [4.69, 9.17) is 4.42 Å². The molecule has 114 valence electrons. The van der Waals surface area contributed by atoms with Crippen LogP contribution in [-0.2, 0) is 0 Å². The Bertz CT molecular complexity index is 775. The molecule has 0 saturated carbocycles. The lowest BCUT2D eigenvalue weighted by Gasteiger charge is -2.22. The van der Waals surface area contributed by atoms with Crippen LogP contribution in [0.5, 0.6) is 0 Å². The largest absolute Gasteiger partial charge is 0.459 e. The number of rotatable bonds is 3. The number of aryl methyl sites for hydroxylation is 1. The van der Waals surface area contributed by atoms with Crippen LogP contribution < -0.4 is 5.32 Å². The fraction of sp³-hybridized carbons (Fsp3) is 0.250. The maximum atomic E-state index is 12.3. The van der Waals surface area contributed by atoms with Crippen LogP contribution in [0.4, 0.5) is 9.93 Å². The Hall–Kier alpha value is -2.34. The molecule has 6 heteroatoms. The highest BCUT2D eigenvalue weighted by Crippen LogP contribution is 2.27.